The molecule has 1 aliphatic rings. The average molecular weight is 238 g/mol. The topological polar surface area (TPSA) is 26.3 Å². The first-order valence-electron chi connectivity index (χ1n) is 7.09. The van der Waals surface area contributed by atoms with Crippen molar-refractivity contribution >= 4 is 5.97 Å². The Labute approximate surface area is 105 Å². The molecule has 98 valence electrons. The van der Waals surface area contributed by atoms with Crippen LogP contribution in [-0.2, 0) is 9.53 Å². The third kappa shape index (κ3) is 8.00. The highest BCUT2D eigenvalue weighted by Gasteiger charge is 2.06. The summed E-state index contributed by atoms with van der Waals surface area (Å²) in [5.41, 5.74) is 0. The molecule has 0 aliphatic carbocycles. The second-order valence-corrected chi connectivity index (χ2v) is 5.13. The maximum atomic E-state index is 11.4. The molecule has 1 aliphatic heterocycles. The van der Waals surface area contributed by atoms with Gasteiger partial charge in [0.2, 0.25) is 0 Å². The van der Waals surface area contributed by atoms with Crippen LogP contribution < -0.4 is 0 Å². The quantitative estimate of drug-likeness (QED) is 0.466. The summed E-state index contributed by atoms with van der Waals surface area (Å²) < 4.78 is 5.21. The number of ether oxygens (including phenoxy) is 1. The van der Waals surface area contributed by atoms with E-state index in [2.05, 4.69) is 19.1 Å². The SMILES string of the molecule is CC1CC=CCCCCCCCOC(=O)CC1. The Morgan fingerprint density at radius 3 is 2.76 bits per heavy atom. The number of carbonyl (C=O) groups excluding carboxylic acids is 1. The number of hydrogen-bond donors (Lipinski definition) is 0. The molecule has 0 aromatic rings. The van der Waals surface area contributed by atoms with Crippen molar-refractivity contribution < 1.29 is 9.53 Å². The standard InChI is InChI=1S/C15H26O2/c1-14-10-8-6-4-2-3-5-7-9-13-17-15(16)12-11-14/h6,8,14H,2-5,7,9-13H2,1H3. The summed E-state index contributed by atoms with van der Waals surface area (Å²) in [6, 6.07) is 0. The summed E-state index contributed by atoms with van der Waals surface area (Å²) in [6.07, 6.45) is 14.5. The monoisotopic (exact) mass is 238 g/mol. The van der Waals surface area contributed by atoms with Gasteiger partial charge in [-0.2, -0.15) is 0 Å². The molecule has 0 radical (unpaired) electrons. The van der Waals surface area contributed by atoms with Gasteiger partial charge in [0.05, 0.1) is 6.61 Å². The maximum Gasteiger partial charge on any atom is 0.305 e. The average Bonchev–Trinajstić information content (AvgIpc) is 2.33. The van der Waals surface area contributed by atoms with E-state index in [4.69, 9.17) is 4.74 Å². The number of esters is 1. The van der Waals surface area contributed by atoms with Gasteiger partial charge >= 0.3 is 5.97 Å². The van der Waals surface area contributed by atoms with Gasteiger partial charge in [-0.25, -0.2) is 0 Å². The lowest BCUT2D eigenvalue weighted by atomic mass is 10.0. The van der Waals surface area contributed by atoms with Crippen LogP contribution in [0.1, 0.15) is 64.7 Å². The molecular formula is C15H26O2. The predicted molar refractivity (Wildman–Crippen MR) is 70.8 cm³/mol. The lowest BCUT2D eigenvalue weighted by molar-refractivity contribution is -0.144. The number of hydrogen-bond acceptors (Lipinski definition) is 2. The predicted octanol–water partition coefficient (Wildman–Crippen LogP) is 4.25. The smallest absolute Gasteiger partial charge is 0.305 e. The highest BCUT2D eigenvalue weighted by atomic mass is 16.5. The van der Waals surface area contributed by atoms with Gasteiger partial charge in [0, 0.05) is 6.42 Å². The van der Waals surface area contributed by atoms with Gasteiger partial charge in [-0.05, 0) is 38.0 Å². The van der Waals surface area contributed by atoms with Crippen LogP contribution in [0.2, 0.25) is 0 Å². The summed E-state index contributed by atoms with van der Waals surface area (Å²) in [4.78, 5) is 11.4. The van der Waals surface area contributed by atoms with E-state index in [1.165, 1.54) is 32.1 Å². The van der Waals surface area contributed by atoms with Gasteiger partial charge in [0.25, 0.3) is 0 Å². The number of rotatable bonds is 0. The van der Waals surface area contributed by atoms with Gasteiger partial charge in [-0.1, -0.05) is 38.3 Å². The molecule has 0 saturated heterocycles. The molecule has 1 heterocycles. The van der Waals surface area contributed by atoms with E-state index in [0.29, 0.717) is 18.9 Å². The third-order valence-electron chi connectivity index (χ3n) is 3.32. The van der Waals surface area contributed by atoms with Crippen LogP contribution in [0.25, 0.3) is 0 Å². The Kier molecular flexibility index (Phi) is 7.78. The molecule has 0 N–H and O–H groups in total. The summed E-state index contributed by atoms with van der Waals surface area (Å²) >= 11 is 0. The molecule has 0 bridgehead atoms. The van der Waals surface area contributed by atoms with E-state index in [1.807, 2.05) is 0 Å². The first kappa shape index (κ1) is 14.3. The van der Waals surface area contributed by atoms with Crippen molar-refractivity contribution in [1.29, 1.82) is 0 Å². The number of carbonyl (C=O) groups is 1. The van der Waals surface area contributed by atoms with Crippen LogP contribution in [0, 0.1) is 5.92 Å². The fourth-order valence-corrected chi connectivity index (χ4v) is 2.08. The van der Waals surface area contributed by atoms with Crippen LogP contribution in [0.4, 0.5) is 0 Å². The minimum Gasteiger partial charge on any atom is -0.466 e. The Morgan fingerprint density at radius 2 is 1.88 bits per heavy atom. The Bertz CT molecular complexity index is 233. The van der Waals surface area contributed by atoms with Crippen molar-refractivity contribution in [2.24, 2.45) is 5.92 Å². The molecule has 2 nitrogen and oxygen atoms in total. The lowest BCUT2D eigenvalue weighted by Gasteiger charge is -2.08. The maximum absolute atomic E-state index is 11.4. The van der Waals surface area contributed by atoms with Gasteiger partial charge in [-0.15, -0.1) is 0 Å². The second-order valence-electron chi connectivity index (χ2n) is 5.13. The minimum atomic E-state index is -0.0179. The zero-order valence-corrected chi connectivity index (χ0v) is 11.1. The fourth-order valence-electron chi connectivity index (χ4n) is 2.08. The van der Waals surface area contributed by atoms with E-state index in [0.717, 1.165) is 19.3 Å². The van der Waals surface area contributed by atoms with Crippen molar-refractivity contribution in [2.45, 2.75) is 64.7 Å². The van der Waals surface area contributed by atoms with Crippen molar-refractivity contribution in [2.75, 3.05) is 6.61 Å². The summed E-state index contributed by atoms with van der Waals surface area (Å²) in [5.74, 6) is 0.569. The van der Waals surface area contributed by atoms with Crippen LogP contribution in [0.5, 0.6) is 0 Å². The van der Waals surface area contributed by atoms with E-state index in [-0.39, 0.29) is 5.97 Å². The summed E-state index contributed by atoms with van der Waals surface area (Å²) in [5, 5.41) is 0. The molecule has 0 aromatic carbocycles. The number of allylic oxidation sites excluding steroid dienone is 2. The molecule has 1 atom stereocenters. The van der Waals surface area contributed by atoms with Gasteiger partial charge in [0.1, 0.15) is 0 Å². The van der Waals surface area contributed by atoms with E-state index >= 15 is 0 Å². The van der Waals surface area contributed by atoms with Crippen molar-refractivity contribution in [3.8, 4) is 0 Å². The molecule has 1 unspecified atom stereocenters. The molecule has 0 aromatic heterocycles. The van der Waals surface area contributed by atoms with Crippen LogP contribution >= 0.6 is 0 Å². The molecule has 0 spiro atoms. The Hall–Kier alpha value is -0.790. The molecule has 2 heteroatoms. The Balaban J connectivity index is 2.30. The van der Waals surface area contributed by atoms with Crippen molar-refractivity contribution in [3.63, 3.8) is 0 Å². The van der Waals surface area contributed by atoms with Crippen molar-refractivity contribution in [3.05, 3.63) is 12.2 Å². The molecule has 1 rings (SSSR count). The van der Waals surface area contributed by atoms with E-state index < -0.39 is 0 Å². The first-order valence-corrected chi connectivity index (χ1v) is 7.09. The minimum absolute atomic E-state index is 0.0179. The van der Waals surface area contributed by atoms with E-state index in [9.17, 15) is 4.79 Å². The highest BCUT2D eigenvalue weighted by molar-refractivity contribution is 5.69. The zero-order chi connectivity index (χ0) is 12.3. The van der Waals surface area contributed by atoms with Gasteiger partial charge in [-0.3, -0.25) is 4.79 Å². The van der Waals surface area contributed by atoms with Gasteiger partial charge in [0.15, 0.2) is 0 Å². The highest BCUT2D eigenvalue weighted by Crippen LogP contribution is 2.13. The Morgan fingerprint density at radius 1 is 1.12 bits per heavy atom. The zero-order valence-electron chi connectivity index (χ0n) is 11.1. The van der Waals surface area contributed by atoms with Crippen LogP contribution in [0.3, 0.4) is 0 Å². The first-order chi connectivity index (χ1) is 8.29. The van der Waals surface area contributed by atoms with Gasteiger partial charge < -0.3 is 4.74 Å². The fraction of sp³-hybridized carbons (Fsp3) is 0.800. The molecule has 17 heavy (non-hydrogen) atoms. The van der Waals surface area contributed by atoms with Crippen LogP contribution in [0.15, 0.2) is 12.2 Å². The van der Waals surface area contributed by atoms with Crippen LogP contribution in [-0.4, -0.2) is 12.6 Å². The van der Waals surface area contributed by atoms with E-state index in [1.54, 1.807) is 0 Å². The summed E-state index contributed by atoms with van der Waals surface area (Å²) in [7, 11) is 0. The largest absolute Gasteiger partial charge is 0.466 e. The molecule has 0 fully saturated rings. The summed E-state index contributed by atoms with van der Waals surface area (Å²) in [6.45, 7) is 2.82. The third-order valence-corrected chi connectivity index (χ3v) is 3.32. The molecule has 0 saturated carbocycles. The molecule has 0 amide bonds. The van der Waals surface area contributed by atoms with Crippen molar-refractivity contribution in [1.82, 2.24) is 0 Å². The molecular weight excluding hydrogens is 212 g/mol. The lowest BCUT2D eigenvalue weighted by Crippen LogP contribution is -2.07. The normalized spacial score (nSPS) is 25.7. The second kappa shape index (κ2) is 9.26. The number of cyclic esters (lactones) is 1.